The lowest BCUT2D eigenvalue weighted by atomic mass is 9.86. The summed E-state index contributed by atoms with van der Waals surface area (Å²) < 4.78 is 9.22. The van der Waals surface area contributed by atoms with Crippen LogP contribution in [-0.2, 0) is 24.5 Å². The Bertz CT molecular complexity index is 586. The minimum absolute atomic E-state index is 0.00985. The lowest BCUT2D eigenvalue weighted by Crippen LogP contribution is -2.41. The zero-order valence-corrected chi connectivity index (χ0v) is 14.8. The maximum absolute atomic E-state index is 12.3. The fourth-order valence-corrected chi connectivity index (χ4v) is 2.12. The molecule has 1 atom stereocenters. The quantitative estimate of drug-likeness (QED) is 0.806. The normalized spacial score (nSPS) is 12.2. The van der Waals surface area contributed by atoms with Crippen molar-refractivity contribution in [1.29, 1.82) is 0 Å². The molecular formula is C18H25NO5. The summed E-state index contributed by atoms with van der Waals surface area (Å²) >= 11 is 0. The largest absolute Gasteiger partial charge is 0.469 e. The predicted molar refractivity (Wildman–Crippen MR) is 89.7 cm³/mol. The topological polar surface area (TPSA) is 81.7 Å². The van der Waals surface area contributed by atoms with Crippen LogP contribution >= 0.6 is 0 Å². The summed E-state index contributed by atoms with van der Waals surface area (Å²) in [6, 6.07) is 6.30. The molecule has 1 N–H and O–H groups in total. The summed E-state index contributed by atoms with van der Waals surface area (Å²) in [5.74, 6) is -1.44. The van der Waals surface area contributed by atoms with Crippen molar-refractivity contribution in [3.8, 4) is 0 Å². The molecule has 0 saturated carbocycles. The van der Waals surface area contributed by atoms with E-state index in [1.165, 1.54) is 14.2 Å². The van der Waals surface area contributed by atoms with E-state index in [0.717, 1.165) is 5.56 Å². The highest BCUT2D eigenvalue weighted by molar-refractivity contribution is 5.96. The van der Waals surface area contributed by atoms with Gasteiger partial charge in [0.1, 0.15) is 6.04 Å². The second kappa shape index (κ2) is 8.47. The molecule has 0 radical (unpaired) electrons. The number of benzene rings is 1. The summed E-state index contributed by atoms with van der Waals surface area (Å²) in [6.07, 6.45) is 0.130. The maximum Gasteiger partial charge on any atom is 0.328 e. The first-order valence-corrected chi connectivity index (χ1v) is 7.75. The fraction of sp³-hybridized carbons (Fsp3) is 0.500. The van der Waals surface area contributed by atoms with Crippen molar-refractivity contribution in [2.24, 2.45) is 0 Å². The van der Waals surface area contributed by atoms with Gasteiger partial charge < -0.3 is 14.8 Å². The summed E-state index contributed by atoms with van der Waals surface area (Å²) in [6.45, 7) is 6.26. The van der Waals surface area contributed by atoms with Gasteiger partial charge in [0, 0.05) is 12.0 Å². The minimum Gasteiger partial charge on any atom is -0.469 e. The number of hydrogen-bond donors (Lipinski definition) is 1. The van der Waals surface area contributed by atoms with Gasteiger partial charge >= 0.3 is 11.9 Å². The Morgan fingerprint density at radius 2 is 1.62 bits per heavy atom. The summed E-state index contributed by atoms with van der Waals surface area (Å²) in [4.78, 5) is 35.3. The van der Waals surface area contributed by atoms with Crippen LogP contribution in [0, 0.1) is 0 Å². The fourth-order valence-electron chi connectivity index (χ4n) is 2.12. The highest BCUT2D eigenvalue weighted by Gasteiger charge is 2.23. The Labute approximate surface area is 142 Å². The molecule has 0 aliphatic carbocycles. The van der Waals surface area contributed by atoms with E-state index in [1.807, 2.05) is 12.1 Å². The van der Waals surface area contributed by atoms with Gasteiger partial charge in [0.05, 0.1) is 14.2 Å². The van der Waals surface area contributed by atoms with Crippen LogP contribution in [0.2, 0.25) is 0 Å². The van der Waals surface area contributed by atoms with E-state index < -0.39 is 23.9 Å². The molecule has 0 fully saturated rings. The van der Waals surface area contributed by atoms with Crippen LogP contribution in [0.25, 0.3) is 0 Å². The number of hydrogen-bond acceptors (Lipinski definition) is 5. The van der Waals surface area contributed by atoms with Crippen molar-refractivity contribution in [2.75, 3.05) is 14.2 Å². The molecule has 0 aliphatic rings. The van der Waals surface area contributed by atoms with Gasteiger partial charge in [-0.15, -0.1) is 0 Å². The third kappa shape index (κ3) is 5.68. The van der Waals surface area contributed by atoms with Gasteiger partial charge in [-0.25, -0.2) is 4.79 Å². The zero-order chi connectivity index (χ0) is 18.3. The van der Waals surface area contributed by atoms with Crippen LogP contribution in [0.5, 0.6) is 0 Å². The average Bonchev–Trinajstić information content (AvgIpc) is 2.56. The van der Waals surface area contributed by atoms with Crippen LogP contribution in [0.1, 0.15) is 49.5 Å². The van der Waals surface area contributed by atoms with Crippen molar-refractivity contribution in [1.82, 2.24) is 5.32 Å². The van der Waals surface area contributed by atoms with Crippen LogP contribution in [0.4, 0.5) is 0 Å². The first-order chi connectivity index (χ1) is 11.2. The van der Waals surface area contributed by atoms with Crippen LogP contribution < -0.4 is 5.32 Å². The average molecular weight is 335 g/mol. The van der Waals surface area contributed by atoms with Crippen LogP contribution in [0.15, 0.2) is 24.3 Å². The molecular weight excluding hydrogens is 310 g/mol. The van der Waals surface area contributed by atoms with Gasteiger partial charge in [-0.05, 0) is 29.5 Å². The summed E-state index contributed by atoms with van der Waals surface area (Å²) in [5.41, 5.74) is 1.54. The molecule has 1 aromatic carbocycles. The minimum atomic E-state index is -0.899. The van der Waals surface area contributed by atoms with Crippen molar-refractivity contribution in [3.05, 3.63) is 35.4 Å². The number of esters is 2. The first kappa shape index (κ1) is 19.7. The van der Waals surface area contributed by atoms with E-state index in [9.17, 15) is 14.4 Å². The van der Waals surface area contributed by atoms with Gasteiger partial charge in [0.25, 0.3) is 5.91 Å². The number of nitrogens with one attached hydrogen (secondary N) is 1. The van der Waals surface area contributed by atoms with Gasteiger partial charge in [0.15, 0.2) is 0 Å². The molecule has 24 heavy (non-hydrogen) atoms. The lowest BCUT2D eigenvalue weighted by molar-refractivity contribution is -0.144. The monoisotopic (exact) mass is 335 g/mol. The number of carbonyl (C=O) groups excluding carboxylic acids is 3. The molecule has 0 heterocycles. The molecule has 0 aliphatic heterocycles. The van der Waals surface area contributed by atoms with E-state index in [2.05, 4.69) is 35.6 Å². The van der Waals surface area contributed by atoms with E-state index in [1.54, 1.807) is 12.1 Å². The lowest BCUT2D eigenvalue weighted by Gasteiger charge is -2.19. The summed E-state index contributed by atoms with van der Waals surface area (Å²) in [7, 11) is 2.50. The highest BCUT2D eigenvalue weighted by Crippen LogP contribution is 2.22. The van der Waals surface area contributed by atoms with Gasteiger partial charge in [-0.3, -0.25) is 9.59 Å². The molecule has 1 aromatic rings. The van der Waals surface area contributed by atoms with Gasteiger partial charge in [-0.1, -0.05) is 32.9 Å². The Morgan fingerprint density at radius 3 is 2.08 bits per heavy atom. The molecule has 6 heteroatoms. The van der Waals surface area contributed by atoms with E-state index in [4.69, 9.17) is 0 Å². The molecule has 0 unspecified atom stereocenters. The number of methoxy groups -OCH3 is 2. The molecule has 132 valence electrons. The van der Waals surface area contributed by atoms with E-state index in [-0.39, 0.29) is 18.3 Å². The Morgan fingerprint density at radius 1 is 1.04 bits per heavy atom. The van der Waals surface area contributed by atoms with Gasteiger partial charge in [-0.2, -0.15) is 0 Å². The van der Waals surface area contributed by atoms with Crippen LogP contribution in [-0.4, -0.2) is 38.1 Å². The Kier molecular flexibility index (Phi) is 6.95. The summed E-state index contributed by atoms with van der Waals surface area (Å²) in [5, 5.41) is 2.60. The molecule has 1 rings (SSSR count). The number of ether oxygens (including phenoxy) is 2. The van der Waals surface area contributed by atoms with Crippen molar-refractivity contribution in [2.45, 2.75) is 45.1 Å². The first-order valence-electron chi connectivity index (χ1n) is 7.75. The molecule has 0 saturated heterocycles. The second-order valence-corrected chi connectivity index (χ2v) is 6.49. The molecule has 0 aromatic heterocycles. The SMILES string of the molecule is COC(=O)CC[C@@H](NC(=O)c1ccc(C(C)(C)C)cc1)C(=O)OC. The van der Waals surface area contributed by atoms with Crippen molar-refractivity contribution >= 4 is 17.8 Å². The molecule has 6 nitrogen and oxygen atoms in total. The molecule has 0 bridgehead atoms. The standard InChI is InChI=1S/C18H25NO5/c1-18(2,3)13-8-6-12(7-9-13)16(21)19-14(17(22)24-5)10-11-15(20)23-4/h6-9,14H,10-11H2,1-5H3,(H,19,21)/t14-/m1/s1. The van der Waals surface area contributed by atoms with Crippen LogP contribution in [0.3, 0.4) is 0 Å². The zero-order valence-electron chi connectivity index (χ0n) is 14.8. The Balaban J connectivity index is 2.80. The second-order valence-electron chi connectivity index (χ2n) is 6.49. The highest BCUT2D eigenvalue weighted by atomic mass is 16.5. The predicted octanol–water partition coefficient (Wildman–Crippen LogP) is 2.21. The third-order valence-electron chi connectivity index (χ3n) is 3.67. The smallest absolute Gasteiger partial charge is 0.328 e. The van der Waals surface area contributed by atoms with Gasteiger partial charge in [0.2, 0.25) is 0 Å². The molecule has 0 spiro atoms. The Hall–Kier alpha value is -2.37. The third-order valence-corrected chi connectivity index (χ3v) is 3.67. The maximum atomic E-state index is 12.3. The van der Waals surface area contributed by atoms with Crippen molar-refractivity contribution in [3.63, 3.8) is 0 Å². The van der Waals surface area contributed by atoms with E-state index in [0.29, 0.717) is 5.56 Å². The van der Waals surface area contributed by atoms with Crippen molar-refractivity contribution < 1.29 is 23.9 Å². The molecule has 1 amide bonds. The van der Waals surface area contributed by atoms with E-state index >= 15 is 0 Å². The number of rotatable bonds is 6. The number of amides is 1. The number of carbonyl (C=O) groups is 3.